The van der Waals surface area contributed by atoms with Crippen molar-refractivity contribution in [2.24, 2.45) is 0 Å². The fourth-order valence-electron chi connectivity index (χ4n) is 3.31. The Balaban J connectivity index is 1.37. The zero-order valence-corrected chi connectivity index (χ0v) is 17.2. The molecule has 0 saturated carbocycles. The molecule has 0 aliphatic carbocycles. The quantitative estimate of drug-likeness (QED) is 0.541. The Hall–Kier alpha value is -2.32. The van der Waals surface area contributed by atoms with E-state index in [0.29, 0.717) is 19.7 Å². The highest BCUT2D eigenvalue weighted by Crippen LogP contribution is 2.33. The monoisotopic (exact) mass is 415 g/mol. The SMILES string of the molecule is Cc1ccc(CN(Cc2ccc3c(c2)OCO3)C[C@@H](O)COCc2ccco2)s1. The first-order valence-electron chi connectivity index (χ1n) is 9.60. The summed E-state index contributed by atoms with van der Waals surface area (Å²) in [6.07, 6.45) is 1.02. The zero-order chi connectivity index (χ0) is 20.1. The second-order valence-electron chi connectivity index (χ2n) is 7.12. The Labute approximate surface area is 174 Å². The van der Waals surface area contributed by atoms with Crippen LogP contribution in [0, 0.1) is 6.92 Å². The van der Waals surface area contributed by atoms with E-state index in [1.54, 1.807) is 17.6 Å². The van der Waals surface area contributed by atoms with E-state index >= 15 is 0 Å². The molecule has 0 amide bonds. The van der Waals surface area contributed by atoms with Crippen molar-refractivity contribution in [1.29, 1.82) is 0 Å². The predicted octanol–water partition coefficient (Wildman–Crippen LogP) is 3.96. The van der Waals surface area contributed by atoms with E-state index in [2.05, 4.69) is 24.0 Å². The molecule has 1 aliphatic heterocycles. The third kappa shape index (κ3) is 5.61. The molecule has 1 aromatic carbocycles. The van der Waals surface area contributed by atoms with Gasteiger partial charge in [0.05, 0.1) is 19.0 Å². The van der Waals surface area contributed by atoms with Crippen molar-refractivity contribution in [3.05, 3.63) is 69.8 Å². The van der Waals surface area contributed by atoms with Crippen LogP contribution in [-0.2, 0) is 24.4 Å². The summed E-state index contributed by atoms with van der Waals surface area (Å²) in [5, 5.41) is 10.5. The highest BCUT2D eigenvalue weighted by atomic mass is 32.1. The maximum Gasteiger partial charge on any atom is 0.231 e. The second kappa shape index (κ2) is 9.45. The minimum Gasteiger partial charge on any atom is -0.467 e. The lowest BCUT2D eigenvalue weighted by atomic mass is 10.1. The van der Waals surface area contributed by atoms with Gasteiger partial charge in [-0.1, -0.05) is 6.07 Å². The van der Waals surface area contributed by atoms with Crippen molar-refractivity contribution in [1.82, 2.24) is 4.90 Å². The van der Waals surface area contributed by atoms with E-state index in [1.165, 1.54) is 9.75 Å². The van der Waals surface area contributed by atoms with E-state index in [9.17, 15) is 5.11 Å². The summed E-state index contributed by atoms with van der Waals surface area (Å²) in [6.45, 7) is 4.95. The summed E-state index contributed by atoms with van der Waals surface area (Å²) in [4.78, 5) is 4.78. The third-order valence-electron chi connectivity index (χ3n) is 4.62. The summed E-state index contributed by atoms with van der Waals surface area (Å²) in [7, 11) is 0. The number of fused-ring (bicyclic) bond motifs is 1. The lowest BCUT2D eigenvalue weighted by molar-refractivity contribution is 0.00267. The molecule has 0 fully saturated rings. The first-order valence-corrected chi connectivity index (χ1v) is 10.4. The fraction of sp³-hybridized carbons (Fsp3) is 0.364. The number of hydrogen-bond acceptors (Lipinski definition) is 7. The molecule has 1 N–H and O–H groups in total. The van der Waals surface area contributed by atoms with Crippen molar-refractivity contribution in [2.45, 2.75) is 32.7 Å². The second-order valence-corrected chi connectivity index (χ2v) is 8.49. The largest absolute Gasteiger partial charge is 0.467 e. The summed E-state index contributed by atoms with van der Waals surface area (Å²) < 4.78 is 21.7. The predicted molar refractivity (Wildman–Crippen MR) is 110 cm³/mol. The summed E-state index contributed by atoms with van der Waals surface area (Å²) in [6, 6.07) is 13.9. The molecule has 0 radical (unpaired) electrons. The average Bonchev–Trinajstić information content (AvgIpc) is 3.44. The Bertz CT molecular complexity index is 908. The number of thiophene rings is 1. The van der Waals surface area contributed by atoms with E-state index < -0.39 is 6.10 Å². The Morgan fingerprint density at radius 2 is 2.03 bits per heavy atom. The van der Waals surface area contributed by atoms with Gasteiger partial charge in [0.25, 0.3) is 0 Å². The molecule has 1 aliphatic rings. The normalized spacial score (nSPS) is 13.9. The topological polar surface area (TPSA) is 64.3 Å². The molecule has 6 nitrogen and oxygen atoms in total. The van der Waals surface area contributed by atoms with Gasteiger partial charge in [0.2, 0.25) is 6.79 Å². The number of ether oxygens (including phenoxy) is 3. The molecule has 7 heteroatoms. The maximum absolute atomic E-state index is 10.5. The standard InChI is InChI=1S/C22H25NO5S/c1-16-4-6-20(29-16)12-23(10-17-5-7-21-22(9-17)28-15-27-21)11-18(24)13-25-14-19-3-2-8-26-19/h2-9,18,24H,10-15H2,1H3/t18-/m1/s1. The van der Waals surface area contributed by atoms with Crippen molar-refractivity contribution < 1.29 is 23.7 Å². The van der Waals surface area contributed by atoms with Crippen LogP contribution in [0.15, 0.2) is 53.1 Å². The number of furan rings is 1. The molecule has 3 heterocycles. The number of aliphatic hydroxyl groups is 1. The lowest BCUT2D eigenvalue weighted by Crippen LogP contribution is -2.34. The van der Waals surface area contributed by atoms with Crippen LogP contribution < -0.4 is 9.47 Å². The molecule has 2 aromatic heterocycles. The van der Waals surface area contributed by atoms with Crippen molar-refractivity contribution in [3.63, 3.8) is 0 Å². The lowest BCUT2D eigenvalue weighted by Gasteiger charge is -2.25. The molecule has 0 bridgehead atoms. The summed E-state index contributed by atoms with van der Waals surface area (Å²) >= 11 is 1.78. The zero-order valence-electron chi connectivity index (χ0n) is 16.4. The molecule has 0 unspecified atom stereocenters. The van der Waals surface area contributed by atoms with E-state index in [0.717, 1.165) is 29.4 Å². The number of aryl methyl sites for hydroxylation is 1. The van der Waals surface area contributed by atoms with Crippen LogP contribution in [0.1, 0.15) is 21.1 Å². The minimum absolute atomic E-state index is 0.252. The highest BCUT2D eigenvalue weighted by Gasteiger charge is 2.17. The van der Waals surface area contributed by atoms with Gasteiger partial charge in [0.15, 0.2) is 11.5 Å². The van der Waals surface area contributed by atoms with Crippen molar-refractivity contribution in [3.8, 4) is 11.5 Å². The number of aliphatic hydroxyl groups excluding tert-OH is 1. The van der Waals surface area contributed by atoms with Crippen molar-refractivity contribution in [2.75, 3.05) is 19.9 Å². The van der Waals surface area contributed by atoms with Crippen LogP contribution in [-0.4, -0.2) is 36.1 Å². The van der Waals surface area contributed by atoms with Gasteiger partial charge in [-0.15, -0.1) is 11.3 Å². The van der Waals surface area contributed by atoms with Crippen LogP contribution in [0.25, 0.3) is 0 Å². The number of rotatable bonds is 10. The first-order chi connectivity index (χ1) is 14.2. The van der Waals surface area contributed by atoms with Gasteiger partial charge in [0.1, 0.15) is 12.4 Å². The number of hydrogen-bond donors (Lipinski definition) is 1. The average molecular weight is 416 g/mol. The Morgan fingerprint density at radius 3 is 2.83 bits per heavy atom. The van der Waals surface area contributed by atoms with Gasteiger partial charge < -0.3 is 23.7 Å². The van der Waals surface area contributed by atoms with Gasteiger partial charge in [-0.3, -0.25) is 4.90 Å². The smallest absolute Gasteiger partial charge is 0.231 e. The third-order valence-corrected chi connectivity index (χ3v) is 5.61. The van der Waals surface area contributed by atoms with Crippen LogP contribution in [0.4, 0.5) is 0 Å². The van der Waals surface area contributed by atoms with Crippen LogP contribution in [0.3, 0.4) is 0 Å². The van der Waals surface area contributed by atoms with E-state index in [-0.39, 0.29) is 13.4 Å². The maximum atomic E-state index is 10.5. The summed E-state index contributed by atoms with van der Waals surface area (Å²) in [5.41, 5.74) is 1.12. The fourth-order valence-corrected chi connectivity index (χ4v) is 4.25. The molecule has 0 saturated heterocycles. The highest BCUT2D eigenvalue weighted by molar-refractivity contribution is 7.11. The number of nitrogens with zero attached hydrogens (tertiary/aromatic N) is 1. The molecular formula is C22H25NO5S. The van der Waals surface area contributed by atoms with Gasteiger partial charge >= 0.3 is 0 Å². The minimum atomic E-state index is -0.597. The molecule has 0 spiro atoms. The van der Waals surface area contributed by atoms with Crippen molar-refractivity contribution >= 4 is 11.3 Å². The first kappa shape index (κ1) is 20.0. The molecule has 154 valence electrons. The molecule has 4 rings (SSSR count). The van der Waals surface area contributed by atoms with E-state index in [1.807, 2.05) is 30.3 Å². The van der Waals surface area contributed by atoms with Gasteiger partial charge in [-0.25, -0.2) is 0 Å². The van der Waals surface area contributed by atoms with Crippen LogP contribution in [0.5, 0.6) is 11.5 Å². The van der Waals surface area contributed by atoms with Gasteiger partial charge in [-0.05, 0) is 48.9 Å². The summed E-state index contributed by atoms with van der Waals surface area (Å²) in [5.74, 6) is 2.31. The Kier molecular flexibility index (Phi) is 6.51. The molecule has 3 aromatic rings. The molecule has 29 heavy (non-hydrogen) atoms. The molecular weight excluding hydrogens is 390 g/mol. The van der Waals surface area contributed by atoms with Crippen LogP contribution >= 0.6 is 11.3 Å². The molecule has 1 atom stereocenters. The van der Waals surface area contributed by atoms with E-state index in [4.69, 9.17) is 18.6 Å². The van der Waals surface area contributed by atoms with Gasteiger partial charge in [-0.2, -0.15) is 0 Å². The van der Waals surface area contributed by atoms with Crippen LogP contribution in [0.2, 0.25) is 0 Å². The number of benzene rings is 1. The van der Waals surface area contributed by atoms with Gasteiger partial charge in [0, 0.05) is 29.4 Å². The Morgan fingerprint density at radius 1 is 1.14 bits per heavy atom.